The van der Waals surface area contributed by atoms with Gasteiger partial charge < -0.3 is 10.1 Å². The minimum absolute atomic E-state index is 0.0847. The first-order chi connectivity index (χ1) is 11.1. The molecule has 23 heavy (non-hydrogen) atoms. The molecule has 1 aliphatic carbocycles. The van der Waals surface area contributed by atoms with Gasteiger partial charge in [-0.05, 0) is 60.7 Å². The maximum atomic E-state index is 13.1. The standard InChI is InChI=1S/C18H17F2NO2/c19-16-7-5-14(11-17(16)20)18(22)21-8-9-23-15-6-4-12-2-1-3-13(12)10-15/h4-7,10-11H,1-3,8-9H2,(H,21,22). The first-order valence-electron chi connectivity index (χ1n) is 7.61. The van der Waals surface area contributed by atoms with Gasteiger partial charge in [0.05, 0.1) is 6.54 Å². The third-order valence-corrected chi connectivity index (χ3v) is 3.91. The zero-order chi connectivity index (χ0) is 16.2. The highest BCUT2D eigenvalue weighted by atomic mass is 19.2. The first kappa shape index (κ1) is 15.5. The molecule has 0 heterocycles. The van der Waals surface area contributed by atoms with Crippen molar-refractivity contribution in [3.63, 3.8) is 0 Å². The molecule has 0 bridgehead atoms. The number of carbonyl (C=O) groups is 1. The van der Waals surface area contributed by atoms with Gasteiger partial charge in [-0.3, -0.25) is 4.79 Å². The number of amides is 1. The van der Waals surface area contributed by atoms with Gasteiger partial charge in [0.2, 0.25) is 0 Å². The third-order valence-electron chi connectivity index (χ3n) is 3.91. The van der Waals surface area contributed by atoms with Crippen LogP contribution in [0.4, 0.5) is 8.78 Å². The second kappa shape index (κ2) is 6.77. The average Bonchev–Trinajstić information content (AvgIpc) is 3.01. The first-order valence-corrected chi connectivity index (χ1v) is 7.61. The minimum atomic E-state index is -1.04. The van der Waals surface area contributed by atoms with Crippen LogP contribution in [0, 0.1) is 11.6 Å². The Balaban J connectivity index is 1.47. The zero-order valence-corrected chi connectivity index (χ0v) is 12.6. The molecule has 0 saturated heterocycles. The van der Waals surface area contributed by atoms with Gasteiger partial charge in [0.1, 0.15) is 12.4 Å². The maximum absolute atomic E-state index is 13.1. The van der Waals surface area contributed by atoms with Crippen LogP contribution < -0.4 is 10.1 Å². The number of carbonyl (C=O) groups excluding carboxylic acids is 1. The molecule has 2 aromatic carbocycles. The Morgan fingerprint density at radius 2 is 1.87 bits per heavy atom. The fraction of sp³-hybridized carbons (Fsp3) is 0.278. The fourth-order valence-corrected chi connectivity index (χ4v) is 2.71. The number of fused-ring (bicyclic) bond motifs is 1. The molecule has 0 aromatic heterocycles. The van der Waals surface area contributed by atoms with Crippen molar-refractivity contribution in [1.82, 2.24) is 5.32 Å². The van der Waals surface area contributed by atoms with Gasteiger partial charge in [-0.25, -0.2) is 8.78 Å². The van der Waals surface area contributed by atoms with Crippen molar-refractivity contribution < 1.29 is 18.3 Å². The smallest absolute Gasteiger partial charge is 0.251 e. The number of benzene rings is 2. The lowest BCUT2D eigenvalue weighted by atomic mass is 10.1. The van der Waals surface area contributed by atoms with Gasteiger partial charge in [0, 0.05) is 5.56 Å². The van der Waals surface area contributed by atoms with Crippen LogP contribution in [-0.2, 0) is 12.8 Å². The van der Waals surface area contributed by atoms with Gasteiger partial charge in [0.15, 0.2) is 11.6 Å². The molecule has 3 rings (SSSR count). The van der Waals surface area contributed by atoms with Crippen LogP contribution in [0.5, 0.6) is 5.75 Å². The van der Waals surface area contributed by atoms with E-state index >= 15 is 0 Å². The summed E-state index contributed by atoms with van der Waals surface area (Å²) < 4.78 is 31.5. The SMILES string of the molecule is O=C(NCCOc1ccc2c(c1)CCC2)c1ccc(F)c(F)c1. The van der Waals surface area contributed by atoms with E-state index in [1.54, 1.807) is 0 Å². The molecule has 0 fully saturated rings. The number of ether oxygens (including phenoxy) is 1. The Morgan fingerprint density at radius 1 is 1.04 bits per heavy atom. The number of nitrogens with one attached hydrogen (secondary N) is 1. The van der Waals surface area contributed by atoms with Gasteiger partial charge in [0.25, 0.3) is 5.91 Å². The normalized spacial score (nSPS) is 12.8. The highest BCUT2D eigenvalue weighted by Crippen LogP contribution is 2.25. The summed E-state index contributed by atoms with van der Waals surface area (Å²) in [6.07, 6.45) is 3.39. The minimum Gasteiger partial charge on any atom is -0.492 e. The van der Waals surface area contributed by atoms with E-state index < -0.39 is 17.5 Å². The van der Waals surface area contributed by atoms with Crippen molar-refractivity contribution >= 4 is 5.91 Å². The molecule has 1 amide bonds. The van der Waals surface area contributed by atoms with Crippen LogP contribution in [-0.4, -0.2) is 19.1 Å². The van der Waals surface area contributed by atoms with E-state index in [-0.39, 0.29) is 12.1 Å². The Hall–Kier alpha value is -2.43. The lowest BCUT2D eigenvalue weighted by Gasteiger charge is -2.09. The lowest BCUT2D eigenvalue weighted by molar-refractivity contribution is 0.0946. The van der Waals surface area contributed by atoms with E-state index in [2.05, 4.69) is 11.4 Å². The Bertz CT molecular complexity index is 731. The summed E-state index contributed by atoms with van der Waals surface area (Å²) in [5, 5.41) is 2.62. The largest absolute Gasteiger partial charge is 0.492 e. The van der Waals surface area contributed by atoms with E-state index in [0.29, 0.717) is 6.61 Å². The molecule has 2 aromatic rings. The van der Waals surface area contributed by atoms with Crippen LogP contribution in [0.3, 0.4) is 0 Å². The molecule has 120 valence electrons. The monoisotopic (exact) mass is 317 g/mol. The van der Waals surface area contributed by atoms with E-state index in [1.807, 2.05) is 12.1 Å². The van der Waals surface area contributed by atoms with Gasteiger partial charge in [-0.2, -0.15) is 0 Å². The van der Waals surface area contributed by atoms with Gasteiger partial charge in [-0.15, -0.1) is 0 Å². The highest BCUT2D eigenvalue weighted by Gasteiger charge is 2.12. The summed E-state index contributed by atoms with van der Waals surface area (Å²) in [6.45, 7) is 0.600. The molecule has 0 spiro atoms. The van der Waals surface area contributed by atoms with Crippen LogP contribution in [0.25, 0.3) is 0 Å². The van der Waals surface area contributed by atoms with Crippen molar-refractivity contribution in [3.05, 3.63) is 64.7 Å². The topological polar surface area (TPSA) is 38.3 Å². The fourth-order valence-electron chi connectivity index (χ4n) is 2.71. The second-order valence-corrected chi connectivity index (χ2v) is 5.52. The quantitative estimate of drug-likeness (QED) is 0.860. The summed E-state index contributed by atoms with van der Waals surface area (Å²) >= 11 is 0. The third kappa shape index (κ3) is 3.67. The van der Waals surface area contributed by atoms with Crippen molar-refractivity contribution in [2.45, 2.75) is 19.3 Å². The molecule has 0 unspecified atom stereocenters. The van der Waals surface area contributed by atoms with Gasteiger partial charge >= 0.3 is 0 Å². The molecule has 3 nitrogen and oxygen atoms in total. The molecular weight excluding hydrogens is 300 g/mol. The van der Waals surface area contributed by atoms with Crippen molar-refractivity contribution in [3.8, 4) is 5.75 Å². The van der Waals surface area contributed by atoms with E-state index in [4.69, 9.17) is 4.74 Å². The number of hydrogen-bond acceptors (Lipinski definition) is 2. The average molecular weight is 317 g/mol. The Kier molecular flexibility index (Phi) is 4.55. The number of rotatable bonds is 5. The van der Waals surface area contributed by atoms with Gasteiger partial charge in [-0.1, -0.05) is 6.07 Å². The lowest BCUT2D eigenvalue weighted by Crippen LogP contribution is -2.28. The number of halogens is 2. The molecular formula is C18H17F2NO2. The van der Waals surface area contributed by atoms with E-state index in [9.17, 15) is 13.6 Å². The van der Waals surface area contributed by atoms with Crippen molar-refractivity contribution in [2.24, 2.45) is 0 Å². The molecule has 0 aliphatic heterocycles. The van der Waals surface area contributed by atoms with Crippen molar-refractivity contribution in [2.75, 3.05) is 13.2 Å². The Morgan fingerprint density at radius 3 is 2.70 bits per heavy atom. The maximum Gasteiger partial charge on any atom is 0.251 e. The predicted molar refractivity (Wildman–Crippen MR) is 82.7 cm³/mol. The summed E-state index contributed by atoms with van der Waals surface area (Å²) in [4.78, 5) is 11.8. The van der Waals surface area contributed by atoms with E-state index in [0.717, 1.165) is 30.7 Å². The highest BCUT2D eigenvalue weighted by molar-refractivity contribution is 5.94. The molecule has 1 aliphatic rings. The molecule has 0 saturated carbocycles. The Labute approximate surface area is 133 Å². The second-order valence-electron chi connectivity index (χ2n) is 5.52. The van der Waals surface area contributed by atoms with Crippen LogP contribution in [0.2, 0.25) is 0 Å². The van der Waals surface area contributed by atoms with Crippen LogP contribution in [0.1, 0.15) is 27.9 Å². The summed E-state index contributed by atoms with van der Waals surface area (Å²) in [6, 6.07) is 9.12. The molecule has 0 radical (unpaired) electrons. The predicted octanol–water partition coefficient (Wildman–Crippen LogP) is 3.26. The molecule has 0 atom stereocenters. The number of hydrogen-bond donors (Lipinski definition) is 1. The van der Waals surface area contributed by atoms with E-state index in [1.165, 1.54) is 23.6 Å². The zero-order valence-electron chi connectivity index (χ0n) is 12.6. The summed E-state index contributed by atoms with van der Waals surface area (Å²) in [7, 11) is 0. The van der Waals surface area contributed by atoms with Crippen LogP contribution in [0.15, 0.2) is 36.4 Å². The molecule has 1 N–H and O–H groups in total. The number of aryl methyl sites for hydroxylation is 2. The van der Waals surface area contributed by atoms with Crippen molar-refractivity contribution in [1.29, 1.82) is 0 Å². The summed E-state index contributed by atoms with van der Waals surface area (Å²) in [5.41, 5.74) is 2.79. The van der Waals surface area contributed by atoms with Crippen LogP contribution >= 0.6 is 0 Å². The molecule has 5 heteroatoms. The summed E-state index contributed by atoms with van der Waals surface area (Å²) in [5.74, 6) is -1.68.